The average molecular weight is 260 g/mol. The van der Waals surface area contributed by atoms with E-state index in [9.17, 15) is 0 Å². The van der Waals surface area contributed by atoms with Crippen molar-refractivity contribution in [2.75, 3.05) is 30.4 Å². The number of anilines is 2. The standard InChI is InChI=1S/C12H16N6O/c1-13-12-16-10-9(14-6-15-10)11(17-12)18-4-7-2-3-8(5-18)19-7/h6-8H,2-5H2,1H3,(H2,13,14,15,16,17). The average Bonchev–Trinajstić information content (AvgIpc) is 3.03. The van der Waals surface area contributed by atoms with Crippen molar-refractivity contribution in [3.63, 3.8) is 0 Å². The van der Waals surface area contributed by atoms with E-state index < -0.39 is 0 Å². The summed E-state index contributed by atoms with van der Waals surface area (Å²) in [4.78, 5) is 18.6. The van der Waals surface area contributed by atoms with Gasteiger partial charge in [-0.25, -0.2) is 4.98 Å². The Balaban J connectivity index is 1.78. The summed E-state index contributed by atoms with van der Waals surface area (Å²) in [6, 6.07) is 0. The first-order valence-corrected chi connectivity index (χ1v) is 6.63. The molecular weight excluding hydrogens is 244 g/mol. The molecule has 0 amide bonds. The molecule has 0 spiro atoms. The molecule has 0 aliphatic carbocycles. The second kappa shape index (κ2) is 4.06. The fourth-order valence-electron chi connectivity index (χ4n) is 2.95. The highest BCUT2D eigenvalue weighted by Gasteiger charge is 2.35. The zero-order valence-electron chi connectivity index (χ0n) is 10.8. The highest BCUT2D eigenvalue weighted by atomic mass is 16.5. The van der Waals surface area contributed by atoms with Crippen molar-refractivity contribution in [3.05, 3.63) is 6.33 Å². The van der Waals surface area contributed by atoms with Gasteiger partial charge in [-0.05, 0) is 12.8 Å². The fraction of sp³-hybridized carbons (Fsp3) is 0.583. The minimum atomic E-state index is 0.338. The molecule has 2 saturated heterocycles. The summed E-state index contributed by atoms with van der Waals surface area (Å²) < 4.78 is 5.87. The first-order chi connectivity index (χ1) is 9.33. The SMILES string of the molecule is CNc1nc(N2CC3CCC(C2)O3)c2[nH]cnc2n1. The Bertz CT molecular complexity index is 599. The van der Waals surface area contributed by atoms with Crippen molar-refractivity contribution < 1.29 is 4.74 Å². The number of morpholine rings is 1. The lowest BCUT2D eigenvalue weighted by Crippen LogP contribution is -2.43. The third-order valence-corrected chi connectivity index (χ3v) is 3.83. The highest BCUT2D eigenvalue weighted by molar-refractivity contribution is 5.84. The number of hydrogen-bond acceptors (Lipinski definition) is 6. The number of imidazole rings is 1. The fourth-order valence-corrected chi connectivity index (χ4v) is 2.95. The van der Waals surface area contributed by atoms with E-state index in [1.54, 1.807) is 6.33 Å². The lowest BCUT2D eigenvalue weighted by atomic mass is 10.2. The van der Waals surface area contributed by atoms with Crippen LogP contribution in [0.25, 0.3) is 11.2 Å². The Kier molecular flexibility index (Phi) is 2.34. The Morgan fingerprint density at radius 1 is 1.32 bits per heavy atom. The van der Waals surface area contributed by atoms with Gasteiger partial charge >= 0.3 is 0 Å². The molecule has 2 atom stereocenters. The highest BCUT2D eigenvalue weighted by Crippen LogP contribution is 2.31. The van der Waals surface area contributed by atoms with Crippen LogP contribution in [0.3, 0.4) is 0 Å². The molecule has 2 aromatic heterocycles. The van der Waals surface area contributed by atoms with E-state index in [1.807, 2.05) is 7.05 Å². The molecule has 0 saturated carbocycles. The molecule has 4 heterocycles. The summed E-state index contributed by atoms with van der Waals surface area (Å²) in [6.45, 7) is 1.79. The Morgan fingerprint density at radius 2 is 2.11 bits per heavy atom. The lowest BCUT2D eigenvalue weighted by molar-refractivity contribution is 0.0303. The van der Waals surface area contributed by atoms with Crippen molar-refractivity contribution >= 4 is 22.9 Å². The first-order valence-electron chi connectivity index (χ1n) is 6.63. The van der Waals surface area contributed by atoms with Gasteiger partial charge in [0.2, 0.25) is 5.95 Å². The summed E-state index contributed by atoms with van der Waals surface area (Å²) >= 11 is 0. The molecule has 2 unspecified atom stereocenters. The normalized spacial score (nSPS) is 26.1. The Morgan fingerprint density at radius 3 is 2.84 bits per heavy atom. The molecule has 4 rings (SSSR count). The topological polar surface area (TPSA) is 79.0 Å². The van der Waals surface area contributed by atoms with Crippen LogP contribution in [0.2, 0.25) is 0 Å². The molecule has 2 aliphatic heterocycles. The smallest absolute Gasteiger partial charge is 0.226 e. The molecule has 2 aliphatic rings. The number of hydrogen-bond donors (Lipinski definition) is 2. The molecule has 2 fully saturated rings. The van der Waals surface area contributed by atoms with Gasteiger partial charge in [0, 0.05) is 20.1 Å². The summed E-state index contributed by atoms with van der Waals surface area (Å²) in [5, 5.41) is 2.99. The lowest BCUT2D eigenvalue weighted by Gasteiger charge is -2.33. The van der Waals surface area contributed by atoms with Crippen LogP contribution >= 0.6 is 0 Å². The Labute approximate surface area is 110 Å². The molecule has 2 aromatic rings. The summed E-state index contributed by atoms with van der Waals surface area (Å²) in [5.41, 5.74) is 1.61. The van der Waals surface area contributed by atoms with Gasteiger partial charge in [-0.15, -0.1) is 0 Å². The molecular formula is C12H16N6O. The van der Waals surface area contributed by atoms with Gasteiger partial charge in [-0.3, -0.25) is 0 Å². The number of H-pyrrole nitrogens is 1. The number of fused-ring (bicyclic) bond motifs is 3. The third kappa shape index (κ3) is 1.73. The third-order valence-electron chi connectivity index (χ3n) is 3.83. The molecule has 0 aromatic carbocycles. The van der Waals surface area contributed by atoms with Crippen LogP contribution in [0.4, 0.5) is 11.8 Å². The van der Waals surface area contributed by atoms with Crippen LogP contribution in [-0.4, -0.2) is 52.3 Å². The molecule has 2 N–H and O–H groups in total. The Hall–Kier alpha value is -1.89. The zero-order chi connectivity index (χ0) is 12.8. The molecule has 0 radical (unpaired) electrons. The van der Waals surface area contributed by atoms with Crippen LogP contribution in [-0.2, 0) is 4.74 Å². The van der Waals surface area contributed by atoms with Gasteiger partial charge in [0.15, 0.2) is 11.5 Å². The maximum Gasteiger partial charge on any atom is 0.226 e. The number of aromatic amines is 1. The van der Waals surface area contributed by atoms with Crippen molar-refractivity contribution in [2.24, 2.45) is 0 Å². The number of nitrogens with one attached hydrogen (secondary N) is 2. The molecule has 2 bridgehead atoms. The van der Waals surface area contributed by atoms with E-state index in [0.29, 0.717) is 23.8 Å². The molecule has 7 heteroatoms. The summed E-state index contributed by atoms with van der Waals surface area (Å²) in [5.74, 6) is 1.53. The van der Waals surface area contributed by atoms with E-state index >= 15 is 0 Å². The maximum atomic E-state index is 5.87. The van der Waals surface area contributed by atoms with Crippen LogP contribution in [0.1, 0.15) is 12.8 Å². The van der Waals surface area contributed by atoms with Gasteiger partial charge in [-0.1, -0.05) is 0 Å². The zero-order valence-corrected chi connectivity index (χ0v) is 10.8. The molecule has 100 valence electrons. The number of nitrogens with zero attached hydrogens (tertiary/aromatic N) is 4. The van der Waals surface area contributed by atoms with Crippen molar-refractivity contribution in [1.82, 2.24) is 19.9 Å². The van der Waals surface area contributed by atoms with E-state index in [2.05, 4.69) is 30.2 Å². The van der Waals surface area contributed by atoms with Crippen LogP contribution in [0, 0.1) is 0 Å². The maximum absolute atomic E-state index is 5.87. The minimum Gasteiger partial charge on any atom is -0.371 e. The predicted molar refractivity (Wildman–Crippen MR) is 71.3 cm³/mol. The number of rotatable bonds is 2. The first kappa shape index (κ1) is 11.0. The van der Waals surface area contributed by atoms with Crippen LogP contribution in [0.5, 0.6) is 0 Å². The van der Waals surface area contributed by atoms with Gasteiger partial charge in [-0.2, -0.15) is 9.97 Å². The second-order valence-electron chi connectivity index (χ2n) is 5.08. The largest absolute Gasteiger partial charge is 0.371 e. The van der Waals surface area contributed by atoms with E-state index in [4.69, 9.17) is 4.74 Å². The van der Waals surface area contributed by atoms with Crippen LogP contribution in [0.15, 0.2) is 6.33 Å². The van der Waals surface area contributed by atoms with Gasteiger partial charge < -0.3 is 19.9 Å². The monoisotopic (exact) mass is 260 g/mol. The molecule has 7 nitrogen and oxygen atoms in total. The number of ether oxygens (including phenoxy) is 1. The quantitative estimate of drug-likeness (QED) is 0.830. The predicted octanol–water partition coefficient (Wildman–Crippen LogP) is 0.762. The van der Waals surface area contributed by atoms with Gasteiger partial charge in [0.1, 0.15) is 5.52 Å². The summed E-state index contributed by atoms with van der Waals surface area (Å²) in [7, 11) is 1.82. The van der Waals surface area contributed by atoms with Crippen molar-refractivity contribution in [2.45, 2.75) is 25.0 Å². The van der Waals surface area contributed by atoms with E-state index in [-0.39, 0.29) is 0 Å². The van der Waals surface area contributed by atoms with Gasteiger partial charge in [0.25, 0.3) is 0 Å². The van der Waals surface area contributed by atoms with E-state index in [1.165, 1.54) is 0 Å². The minimum absolute atomic E-state index is 0.338. The van der Waals surface area contributed by atoms with Crippen molar-refractivity contribution in [3.8, 4) is 0 Å². The molecule has 19 heavy (non-hydrogen) atoms. The van der Waals surface area contributed by atoms with Crippen molar-refractivity contribution in [1.29, 1.82) is 0 Å². The van der Waals surface area contributed by atoms with Crippen LogP contribution < -0.4 is 10.2 Å². The second-order valence-corrected chi connectivity index (χ2v) is 5.08. The number of aromatic nitrogens is 4. The van der Waals surface area contributed by atoms with Gasteiger partial charge in [0.05, 0.1) is 18.5 Å². The van der Waals surface area contributed by atoms with E-state index in [0.717, 1.165) is 37.3 Å². The summed E-state index contributed by atoms with van der Waals surface area (Å²) in [6.07, 6.45) is 4.64.